The predicted molar refractivity (Wildman–Crippen MR) is 63.5 cm³/mol. The molecule has 0 aliphatic carbocycles. The molecule has 0 aromatic heterocycles. The molecule has 0 unspecified atom stereocenters. The lowest BCUT2D eigenvalue weighted by molar-refractivity contribution is -0.121. The second-order valence-corrected chi connectivity index (χ2v) is 3.68. The third-order valence-electron chi connectivity index (χ3n) is 2.18. The fraction of sp³-hybridized carbons (Fsp3) is 0.273. The molecule has 0 spiro atoms. The van der Waals surface area contributed by atoms with Crippen LogP contribution >= 0.6 is 0 Å². The van der Waals surface area contributed by atoms with Gasteiger partial charge in [0.2, 0.25) is 0 Å². The number of primary amides is 1. The van der Waals surface area contributed by atoms with Crippen molar-refractivity contribution in [2.24, 2.45) is 5.73 Å². The Morgan fingerprint density at radius 2 is 1.94 bits per heavy atom. The van der Waals surface area contributed by atoms with Crippen LogP contribution in [0.25, 0.3) is 0 Å². The number of nitrogens with one attached hydrogen (secondary N) is 1. The maximum Gasteiger partial charge on any atom is 0.318 e. The van der Waals surface area contributed by atoms with Crippen molar-refractivity contribution in [3.8, 4) is 5.75 Å². The van der Waals surface area contributed by atoms with Crippen molar-refractivity contribution >= 4 is 17.6 Å². The van der Waals surface area contributed by atoms with Crippen molar-refractivity contribution in [1.82, 2.24) is 5.32 Å². The van der Waals surface area contributed by atoms with E-state index in [9.17, 15) is 9.59 Å². The van der Waals surface area contributed by atoms with Gasteiger partial charge in [-0.1, -0.05) is 6.07 Å². The molecule has 1 aromatic carbocycles. The fourth-order valence-corrected chi connectivity index (χ4v) is 1.32. The third-order valence-corrected chi connectivity index (χ3v) is 2.18. The Kier molecular flexibility index (Phi) is 3.92. The van der Waals surface area contributed by atoms with Gasteiger partial charge in [0.05, 0.1) is 0 Å². The molecule has 0 aliphatic rings. The highest BCUT2D eigenvalue weighted by Crippen LogP contribution is 2.24. The zero-order valence-electron chi connectivity index (χ0n) is 9.74. The van der Waals surface area contributed by atoms with Crippen molar-refractivity contribution < 1.29 is 14.3 Å². The standard InChI is InChI=1S/C11H15N3O3/c1-6-3-7(2)9(4-8(6)12)17-5-10(15)14-11(13)16/h3-4H,5,12H2,1-2H3,(H3,13,14,15,16). The number of aryl methyl sites for hydroxylation is 2. The van der Waals surface area contributed by atoms with Crippen LogP contribution in [0.15, 0.2) is 12.1 Å². The van der Waals surface area contributed by atoms with Crippen LogP contribution in [0.4, 0.5) is 10.5 Å². The summed E-state index contributed by atoms with van der Waals surface area (Å²) >= 11 is 0. The summed E-state index contributed by atoms with van der Waals surface area (Å²) in [5.41, 5.74) is 12.9. The Hall–Kier alpha value is -2.24. The minimum absolute atomic E-state index is 0.285. The Balaban J connectivity index is 2.66. The number of urea groups is 1. The number of hydrogen-bond acceptors (Lipinski definition) is 4. The van der Waals surface area contributed by atoms with Crippen molar-refractivity contribution in [3.63, 3.8) is 0 Å². The largest absolute Gasteiger partial charge is 0.483 e. The molecule has 0 radical (unpaired) electrons. The summed E-state index contributed by atoms with van der Waals surface area (Å²) in [5, 5.41) is 1.90. The van der Waals surface area contributed by atoms with Gasteiger partial charge < -0.3 is 16.2 Å². The van der Waals surface area contributed by atoms with Gasteiger partial charge in [0.25, 0.3) is 5.91 Å². The molecule has 92 valence electrons. The Morgan fingerprint density at radius 1 is 1.29 bits per heavy atom. The third kappa shape index (κ3) is 3.67. The highest BCUT2D eigenvalue weighted by molar-refractivity contribution is 5.94. The number of rotatable bonds is 3. The Morgan fingerprint density at radius 3 is 2.53 bits per heavy atom. The summed E-state index contributed by atoms with van der Waals surface area (Å²) in [7, 11) is 0. The van der Waals surface area contributed by atoms with E-state index in [1.165, 1.54) is 0 Å². The van der Waals surface area contributed by atoms with Crippen LogP contribution in [0.2, 0.25) is 0 Å². The van der Waals surface area contributed by atoms with Crippen LogP contribution in [0.3, 0.4) is 0 Å². The molecule has 0 atom stereocenters. The number of nitrogen functional groups attached to an aromatic ring is 1. The number of ether oxygens (including phenoxy) is 1. The predicted octanol–water partition coefficient (Wildman–Crippen LogP) is 0.459. The van der Waals surface area contributed by atoms with E-state index in [4.69, 9.17) is 16.2 Å². The van der Waals surface area contributed by atoms with Crippen LogP contribution in [-0.2, 0) is 4.79 Å². The lowest BCUT2D eigenvalue weighted by atomic mass is 10.1. The molecule has 6 nitrogen and oxygen atoms in total. The molecule has 6 heteroatoms. The second-order valence-electron chi connectivity index (χ2n) is 3.68. The summed E-state index contributed by atoms with van der Waals surface area (Å²) in [6.45, 7) is 3.44. The number of imide groups is 1. The highest BCUT2D eigenvalue weighted by atomic mass is 16.5. The number of carbonyl (C=O) groups is 2. The average molecular weight is 237 g/mol. The minimum Gasteiger partial charge on any atom is -0.483 e. The van der Waals surface area contributed by atoms with Crippen LogP contribution in [-0.4, -0.2) is 18.5 Å². The second kappa shape index (κ2) is 5.20. The molecule has 1 rings (SSSR count). The van der Waals surface area contributed by atoms with Gasteiger partial charge in [-0.15, -0.1) is 0 Å². The van der Waals surface area contributed by atoms with Gasteiger partial charge in [-0.3, -0.25) is 10.1 Å². The topological polar surface area (TPSA) is 107 Å². The summed E-state index contributed by atoms with van der Waals surface area (Å²) < 4.78 is 5.24. The first-order valence-electron chi connectivity index (χ1n) is 4.99. The number of amides is 3. The van der Waals surface area contributed by atoms with E-state index >= 15 is 0 Å². The first-order valence-corrected chi connectivity index (χ1v) is 4.99. The SMILES string of the molecule is Cc1cc(C)c(OCC(=O)NC(N)=O)cc1N. The highest BCUT2D eigenvalue weighted by Gasteiger charge is 2.08. The molecule has 0 saturated carbocycles. The Bertz CT molecular complexity index is 458. The summed E-state index contributed by atoms with van der Waals surface area (Å²) in [6, 6.07) is 2.59. The molecule has 5 N–H and O–H groups in total. The van der Waals surface area contributed by atoms with Gasteiger partial charge in [-0.05, 0) is 25.0 Å². The van der Waals surface area contributed by atoms with Crippen molar-refractivity contribution in [3.05, 3.63) is 23.3 Å². The van der Waals surface area contributed by atoms with Crippen molar-refractivity contribution in [2.75, 3.05) is 12.3 Å². The van der Waals surface area contributed by atoms with E-state index in [1.807, 2.05) is 25.2 Å². The average Bonchev–Trinajstić information content (AvgIpc) is 2.20. The first kappa shape index (κ1) is 12.8. The van der Waals surface area contributed by atoms with E-state index in [1.54, 1.807) is 6.07 Å². The van der Waals surface area contributed by atoms with E-state index in [-0.39, 0.29) is 6.61 Å². The molecular formula is C11H15N3O3. The monoisotopic (exact) mass is 237 g/mol. The zero-order valence-corrected chi connectivity index (χ0v) is 9.74. The number of nitrogens with two attached hydrogens (primary N) is 2. The molecule has 0 fully saturated rings. The quantitative estimate of drug-likeness (QED) is 0.663. The van der Waals surface area contributed by atoms with Crippen LogP contribution in [0, 0.1) is 13.8 Å². The fourth-order valence-electron chi connectivity index (χ4n) is 1.32. The normalized spacial score (nSPS) is 9.76. The van der Waals surface area contributed by atoms with Crippen LogP contribution in [0.1, 0.15) is 11.1 Å². The first-order chi connectivity index (χ1) is 7.90. The zero-order chi connectivity index (χ0) is 13.0. The maximum atomic E-state index is 11.1. The van der Waals surface area contributed by atoms with E-state index in [0.717, 1.165) is 11.1 Å². The number of anilines is 1. The molecule has 3 amide bonds. The lowest BCUT2D eigenvalue weighted by Gasteiger charge is -2.10. The smallest absolute Gasteiger partial charge is 0.318 e. The molecule has 0 heterocycles. The Labute approximate surface area is 98.9 Å². The summed E-state index contributed by atoms with van der Waals surface area (Å²) in [4.78, 5) is 21.5. The van der Waals surface area contributed by atoms with Crippen molar-refractivity contribution in [1.29, 1.82) is 0 Å². The van der Waals surface area contributed by atoms with Gasteiger partial charge >= 0.3 is 6.03 Å². The van der Waals surface area contributed by atoms with E-state index in [2.05, 4.69) is 0 Å². The van der Waals surface area contributed by atoms with Gasteiger partial charge in [-0.25, -0.2) is 4.79 Å². The molecule has 17 heavy (non-hydrogen) atoms. The van der Waals surface area contributed by atoms with Crippen LogP contribution in [0.5, 0.6) is 5.75 Å². The van der Waals surface area contributed by atoms with Gasteiger partial charge in [0.15, 0.2) is 6.61 Å². The number of benzene rings is 1. The van der Waals surface area contributed by atoms with E-state index < -0.39 is 11.9 Å². The maximum absolute atomic E-state index is 11.1. The van der Waals surface area contributed by atoms with Gasteiger partial charge in [0, 0.05) is 11.8 Å². The van der Waals surface area contributed by atoms with Gasteiger partial charge in [0.1, 0.15) is 5.75 Å². The lowest BCUT2D eigenvalue weighted by Crippen LogP contribution is -2.38. The van der Waals surface area contributed by atoms with E-state index in [0.29, 0.717) is 11.4 Å². The van der Waals surface area contributed by atoms with Crippen LogP contribution < -0.4 is 21.5 Å². The minimum atomic E-state index is -0.904. The molecule has 0 aliphatic heterocycles. The molecule has 1 aromatic rings. The molecular weight excluding hydrogens is 222 g/mol. The van der Waals surface area contributed by atoms with Gasteiger partial charge in [-0.2, -0.15) is 0 Å². The summed E-state index contributed by atoms with van der Waals surface area (Å²) in [6.07, 6.45) is 0. The molecule has 0 bridgehead atoms. The number of carbonyl (C=O) groups excluding carboxylic acids is 2. The molecule has 0 saturated heterocycles. The number of hydrogen-bond donors (Lipinski definition) is 3. The summed E-state index contributed by atoms with van der Waals surface area (Å²) in [5.74, 6) is -0.0937. The van der Waals surface area contributed by atoms with Crippen molar-refractivity contribution in [2.45, 2.75) is 13.8 Å².